The SMILES string of the molecule is Cc1cccc2c(=O)n(CC(=O)N3CCCCC3CC(N)=O)cnc12. The molecule has 1 aromatic heterocycles. The molecule has 2 heterocycles. The number of primary amides is 1. The van der Waals surface area contributed by atoms with Gasteiger partial charge >= 0.3 is 0 Å². The van der Waals surface area contributed by atoms with Crippen molar-refractivity contribution in [1.29, 1.82) is 0 Å². The molecular formula is C18H22N4O3. The van der Waals surface area contributed by atoms with Gasteiger partial charge in [-0.05, 0) is 37.8 Å². The summed E-state index contributed by atoms with van der Waals surface area (Å²) in [4.78, 5) is 42.6. The predicted molar refractivity (Wildman–Crippen MR) is 93.9 cm³/mol. The summed E-state index contributed by atoms with van der Waals surface area (Å²) in [6.45, 7) is 2.41. The lowest BCUT2D eigenvalue weighted by atomic mass is 9.99. The van der Waals surface area contributed by atoms with Gasteiger partial charge in [-0.2, -0.15) is 0 Å². The average Bonchev–Trinajstić information content (AvgIpc) is 2.58. The molecule has 1 aromatic carbocycles. The van der Waals surface area contributed by atoms with E-state index in [1.807, 2.05) is 13.0 Å². The van der Waals surface area contributed by atoms with Gasteiger partial charge in [-0.3, -0.25) is 19.0 Å². The minimum absolute atomic E-state index is 0.0784. The van der Waals surface area contributed by atoms with E-state index in [0.717, 1.165) is 24.8 Å². The van der Waals surface area contributed by atoms with E-state index in [1.54, 1.807) is 17.0 Å². The van der Waals surface area contributed by atoms with Gasteiger partial charge in [-0.15, -0.1) is 0 Å². The number of benzene rings is 1. The fraction of sp³-hybridized carbons (Fsp3) is 0.444. The molecule has 2 amide bonds. The maximum Gasteiger partial charge on any atom is 0.261 e. The Hall–Kier alpha value is -2.70. The third-order valence-corrected chi connectivity index (χ3v) is 4.75. The highest BCUT2D eigenvalue weighted by atomic mass is 16.2. The van der Waals surface area contributed by atoms with Gasteiger partial charge < -0.3 is 10.6 Å². The average molecular weight is 342 g/mol. The van der Waals surface area contributed by atoms with Crippen LogP contribution in [0.4, 0.5) is 0 Å². The molecule has 1 atom stereocenters. The molecule has 0 spiro atoms. The standard InChI is InChI=1S/C18H22N4O3/c1-12-5-4-7-14-17(12)20-11-21(18(14)25)10-16(24)22-8-3-2-6-13(22)9-15(19)23/h4-5,7,11,13H,2-3,6,8-10H2,1H3,(H2,19,23). The van der Waals surface area contributed by atoms with Crippen LogP contribution < -0.4 is 11.3 Å². The van der Waals surface area contributed by atoms with Gasteiger partial charge in [0.2, 0.25) is 11.8 Å². The van der Waals surface area contributed by atoms with Crippen LogP contribution in [0, 0.1) is 6.92 Å². The molecule has 0 aliphatic carbocycles. The van der Waals surface area contributed by atoms with Gasteiger partial charge in [0.05, 0.1) is 17.2 Å². The molecule has 1 aliphatic rings. The van der Waals surface area contributed by atoms with Gasteiger partial charge in [-0.1, -0.05) is 12.1 Å². The van der Waals surface area contributed by atoms with E-state index in [-0.39, 0.29) is 30.5 Å². The number of rotatable bonds is 4. The predicted octanol–water partition coefficient (Wildman–Crippen LogP) is 0.961. The minimum Gasteiger partial charge on any atom is -0.370 e. The van der Waals surface area contributed by atoms with E-state index in [0.29, 0.717) is 17.4 Å². The number of aromatic nitrogens is 2. The highest BCUT2D eigenvalue weighted by Crippen LogP contribution is 2.20. The Morgan fingerprint density at radius 3 is 2.88 bits per heavy atom. The fourth-order valence-corrected chi connectivity index (χ4v) is 3.46. The Balaban J connectivity index is 1.85. The summed E-state index contributed by atoms with van der Waals surface area (Å²) in [6.07, 6.45) is 4.21. The summed E-state index contributed by atoms with van der Waals surface area (Å²) in [7, 11) is 0. The van der Waals surface area contributed by atoms with E-state index < -0.39 is 5.91 Å². The van der Waals surface area contributed by atoms with E-state index in [2.05, 4.69) is 4.98 Å². The molecule has 1 fully saturated rings. The number of piperidine rings is 1. The highest BCUT2D eigenvalue weighted by molar-refractivity contribution is 5.82. The lowest BCUT2D eigenvalue weighted by Crippen LogP contribution is -2.47. The molecule has 3 rings (SSSR count). The van der Waals surface area contributed by atoms with Gasteiger partial charge in [0.25, 0.3) is 5.56 Å². The smallest absolute Gasteiger partial charge is 0.261 e. The number of likely N-dealkylation sites (tertiary alicyclic amines) is 1. The first-order chi connectivity index (χ1) is 12.0. The Labute approximate surface area is 145 Å². The molecule has 0 saturated carbocycles. The molecular weight excluding hydrogens is 320 g/mol. The Morgan fingerprint density at radius 2 is 2.12 bits per heavy atom. The third kappa shape index (κ3) is 3.55. The van der Waals surface area contributed by atoms with Crippen LogP contribution in [0.5, 0.6) is 0 Å². The van der Waals surface area contributed by atoms with Crippen LogP contribution in [-0.2, 0) is 16.1 Å². The second-order valence-corrected chi connectivity index (χ2v) is 6.56. The molecule has 2 aromatic rings. The second-order valence-electron chi connectivity index (χ2n) is 6.56. The van der Waals surface area contributed by atoms with Crippen LogP contribution in [0.1, 0.15) is 31.2 Å². The molecule has 132 valence electrons. The van der Waals surface area contributed by atoms with Crippen molar-refractivity contribution >= 4 is 22.7 Å². The van der Waals surface area contributed by atoms with E-state index >= 15 is 0 Å². The second kappa shape index (κ2) is 7.04. The molecule has 2 N–H and O–H groups in total. The van der Waals surface area contributed by atoms with Crippen LogP contribution >= 0.6 is 0 Å². The van der Waals surface area contributed by atoms with Crippen LogP contribution in [0.25, 0.3) is 10.9 Å². The minimum atomic E-state index is -0.412. The van der Waals surface area contributed by atoms with Crippen molar-refractivity contribution in [2.75, 3.05) is 6.54 Å². The fourth-order valence-electron chi connectivity index (χ4n) is 3.46. The zero-order valence-electron chi connectivity index (χ0n) is 14.3. The summed E-state index contributed by atoms with van der Waals surface area (Å²) >= 11 is 0. The summed E-state index contributed by atoms with van der Waals surface area (Å²) in [5.74, 6) is -0.591. The number of para-hydroxylation sites is 1. The largest absolute Gasteiger partial charge is 0.370 e. The zero-order valence-corrected chi connectivity index (χ0v) is 14.3. The van der Waals surface area contributed by atoms with Crippen LogP contribution in [0.2, 0.25) is 0 Å². The number of hydrogen-bond acceptors (Lipinski definition) is 4. The van der Waals surface area contributed by atoms with Crippen molar-refractivity contribution < 1.29 is 9.59 Å². The first-order valence-corrected chi connectivity index (χ1v) is 8.50. The maximum absolute atomic E-state index is 12.7. The van der Waals surface area contributed by atoms with Gasteiger partial charge in [0.1, 0.15) is 6.54 Å². The highest BCUT2D eigenvalue weighted by Gasteiger charge is 2.28. The van der Waals surface area contributed by atoms with Crippen molar-refractivity contribution in [3.63, 3.8) is 0 Å². The number of carbonyl (C=O) groups excluding carboxylic acids is 2. The summed E-state index contributed by atoms with van der Waals surface area (Å²) in [6, 6.07) is 5.24. The molecule has 1 unspecified atom stereocenters. The number of hydrogen-bond donors (Lipinski definition) is 1. The normalized spacial score (nSPS) is 17.6. The Bertz CT molecular complexity index is 874. The van der Waals surface area contributed by atoms with E-state index in [1.165, 1.54) is 10.9 Å². The van der Waals surface area contributed by atoms with E-state index in [4.69, 9.17) is 5.73 Å². The Morgan fingerprint density at radius 1 is 1.32 bits per heavy atom. The van der Waals surface area contributed by atoms with Crippen molar-refractivity contribution in [3.05, 3.63) is 40.4 Å². The van der Waals surface area contributed by atoms with Crippen molar-refractivity contribution in [3.8, 4) is 0 Å². The van der Waals surface area contributed by atoms with Crippen LogP contribution in [0.3, 0.4) is 0 Å². The zero-order chi connectivity index (χ0) is 18.0. The third-order valence-electron chi connectivity index (χ3n) is 4.75. The number of fused-ring (bicyclic) bond motifs is 1. The van der Waals surface area contributed by atoms with Crippen molar-refractivity contribution in [1.82, 2.24) is 14.5 Å². The quantitative estimate of drug-likeness (QED) is 0.895. The van der Waals surface area contributed by atoms with Gasteiger partial charge in [-0.25, -0.2) is 4.98 Å². The topological polar surface area (TPSA) is 98.3 Å². The molecule has 0 bridgehead atoms. The first-order valence-electron chi connectivity index (χ1n) is 8.50. The van der Waals surface area contributed by atoms with Crippen LogP contribution in [-0.4, -0.2) is 38.9 Å². The number of nitrogens with two attached hydrogens (primary N) is 1. The molecule has 0 radical (unpaired) electrons. The number of nitrogens with zero attached hydrogens (tertiary/aromatic N) is 3. The first kappa shape index (κ1) is 17.1. The van der Waals surface area contributed by atoms with Gasteiger partial charge in [0, 0.05) is 19.0 Å². The summed E-state index contributed by atoms with van der Waals surface area (Å²) < 4.78 is 1.33. The van der Waals surface area contributed by atoms with Crippen molar-refractivity contribution in [2.45, 2.75) is 45.2 Å². The number of aryl methyl sites for hydroxylation is 1. The lowest BCUT2D eigenvalue weighted by Gasteiger charge is -2.35. The Kier molecular flexibility index (Phi) is 4.83. The summed E-state index contributed by atoms with van der Waals surface area (Å²) in [5, 5.41) is 0.502. The van der Waals surface area contributed by atoms with Gasteiger partial charge in [0.15, 0.2) is 0 Å². The number of carbonyl (C=O) groups is 2. The van der Waals surface area contributed by atoms with Crippen molar-refractivity contribution in [2.24, 2.45) is 5.73 Å². The molecule has 25 heavy (non-hydrogen) atoms. The lowest BCUT2D eigenvalue weighted by molar-refractivity contribution is -0.136. The molecule has 1 saturated heterocycles. The molecule has 7 nitrogen and oxygen atoms in total. The monoisotopic (exact) mass is 342 g/mol. The summed E-state index contributed by atoms with van der Waals surface area (Å²) in [5.41, 5.74) is 6.64. The number of amides is 2. The van der Waals surface area contributed by atoms with Crippen LogP contribution in [0.15, 0.2) is 29.3 Å². The maximum atomic E-state index is 12.7. The molecule has 7 heteroatoms. The molecule has 1 aliphatic heterocycles. The van der Waals surface area contributed by atoms with E-state index in [9.17, 15) is 14.4 Å².